The van der Waals surface area contributed by atoms with Gasteiger partial charge in [0.05, 0.1) is 22.3 Å². The lowest BCUT2D eigenvalue weighted by molar-refractivity contribution is 0.102. The molecule has 4 N–H and O–H groups in total. The van der Waals surface area contributed by atoms with Crippen LogP contribution in [-0.2, 0) is 0 Å². The normalized spacial score (nSPS) is 11.3. The van der Waals surface area contributed by atoms with Gasteiger partial charge in [0.2, 0.25) is 0 Å². The van der Waals surface area contributed by atoms with Crippen LogP contribution in [0.1, 0.15) is 21.6 Å². The number of rotatable bonds is 6. The van der Waals surface area contributed by atoms with Crippen molar-refractivity contribution in [3.05, 3.63) is 120 Å². The Morgan fingerprint density at radius 1 is 0.778 bits per heavy atom. The first kappa shape index (κ1) is 21.4. The molecule has 6 heteroatoms. The van der Waals surface area contributed by atoms with Crippen LogP contribution >= 0.6 is 0 Å². The Labute approximate surface area is 207 Å². The molecule has 0 unspecified atom stereocenters. The van der Waals surface area contributed by atoms with Crippen LogP contribution in [0.2, 0.25) is 0 Å². The molecule has 36 heavy (non-hydrogen) atoms. The number of nitrogens with one attached hydrogen (secondary N) is 4. The van der Waals surface area contributed by atoms with Gasteiger partial charge in [-0.1, -0.05) is 54.6 Å². The first-order chi connectivity index (χ1) is 17.7. The second kappa shape index (κ2) is 9.27. The van der Waals surface area contributed by atoms with E-state index in [0.717, 1.165) is 44.4 Å². The van der Waals surface area contributed by atoms with Crippen LogP contribution in [0.5, 0.6) is 0 Å². The zero-order valence-corrected chi connectivity index (χ0v) is 19.3. The molecule has 0 saturated carbocycles. The molecule has 0 radical (unpaired) electrons. The van der Waals surface area contributed by atoms with E-state index in [4.69, 9.17) is 0 Å². The molecule has 0 aliphatic heterocycles. The Morgan fingerprint density at radius 3 is 2.53 bits per heavy atom. The number of H-pyrrole nitrogens is 2. The Morgan fingerprint density at radius 2 is 1.61 bits per heavy atom. The number of anilines is 3. The van der Waals surface area contributed by atoms with Gasteiger partial charge in [-0.15, -0.1) is 0 Å². The van der Waals surface area contributed by atoms with Crippen LogP contribution in [0.4, 0.5) is 17.1 Å². The predicted molar refractivity (Wildman–Crippen MR) is 147 cm³/mol. The number of carbonyl (C=O) groups excluding carboxylic acids is 1. The minimum absolute atomic E-state index is 0.157. The molecule has 0 saturated heterocycles. The molecule has 0 aliphatic rings. The van der Waals surface area contributed by atoms with Gasteiger partial charge >= 0.3 is 0 Å². The van der Waals surface area contributed by atoms with E-state index in [9.17, 15) is 4.79 Å². The average molecular weight is 470 g/mol. The molecule has 0 aliphatic carbocycles. The zero-order valence-electron chi connectivity index (χ0n) is 19.3. The molecule has 0 atom stereocenters. The van der Waals surface area contributed by atoms with Crippen molar-refractivity contribution >= 4 is 56.9 Å². The highest BCUT2D eigenvalue weighted by Gasteiger charge is 2.11. The van der Waals surface area contributed by atoms with Crippen molar-refractivity contribution in [3.8, 4) is 0 Å². The predicted octanol–water partition coefficient (Wildman–Crippen LogP) is 7.21. The number of amides is 1. The van der Waals surface area contributed by atoms with E-state index in [-0.39, 0.29) is 5.91 Å². The fourth-order valence-electron chi connectivity index (χ4n) is 4.30. The molecule has 174 valence electrons. The lowest BCUT2D eigenvalue weighted by Gasteiger charge is -2.10. The lowest BCUT2D eigenvalue weighted by atomic mass is 10.1. The summed E-state index contributed by atoms with van der Waals surface area (Å²) < 4.78 is 0. The number of hydrogen-bond donors (Lipinski definition) is 4. The SMILES string of the molecule is O=C(Nc1cccc(Nc2ccc3c(/C=C/c4ccccc4)n[nH]c3c2)c1)c1cccc2cc[nH]c12. The van der Waals surface area contributed by atoms with Crippen LogP contribution in [0.15, 0.2) is 103 Å². The smallest absolute Gasteiger partial charge is 0.257 e. The number of nitrogens with zero attached hydrogens (tertiary/aromatic N) is 1. The number of para-hydroxylation sites is 1. The summed E-state index contributed by atoms with van der Waals surface area (Å²) in [6.07, 6.45) is 5.91. The van der Waals surface area contributed by atoms with E-state index in [2.05, 4.69) is 50.1 Å². The van der Waals surface area contributed by atoms with E-state index in [1.807, 2.05) is 91.1 Å². The minimum Gasteiger partial charge on any atom is -0.361 e. The highest BCUT2D eigenvalue weighted by atomic mass is 16.1. The Kier molecular flexibility index (Phi) is 5.52. The molecule has 6 rings (SSSR count). The Hall–Kier alpha value is -5.10. The van der Waals surface area contributed by atoms with Gasteiger partial charge in [0.1, 0.15) is 0 Å². The van der Waals surface area contributed by atoms with Gasteiger partial charge in [-0.05, 0) is 60.2 Å². The van der Waals surface area contributed by atoms with Crippen LogP contribution in [-0.4, -0.2) is 21.1 Å². The third kappa shape index (κ3) is 4.35. The standard InChI is InChI=1S/C30H23N5O/c36-30(26-11-4-8-21-16-17-31-29(21)26)33-23-10-5-9-22(18-23)32-24-13-14-25-27(34-35-28(25)19-24)15-12-20-6-2-1-3-7-20/h1-19,31-32H,(H,33,36)(H,34,35)/b15-12+. The van der Waals surface area contributed by atoms with E-state index in [1.54, 1.807) is 0 Å². The van der Waals surface area contributed by atoms with Gasteiger partial charge in [0.25, 0.3) is 5.91 Å². The summed E-state index contributed by atoms with van der Waals surface area (Å²) in [6.45, 7) is 0. The molecule has 4 aromatic carbocycles. The van der Waals surface area contributed by atoms with E-state index in [0.29, 0.717) is 11.3 Å². The summed E-state index contributed by atoms with van der Waals surface area (Å²) in [5, 5.41) is 16.1. The first-order valence-corrected chi connectivity index (χ1v) is 11.7. The van der Waals surface area contributed by atoms with E-state index in [1.165, 1.54) is 0 Å². The highest BCUT2D eigenvalue weighted by Crippen LogP contribution is 2.26. The van der Waals surface area contributed by atoms with Crippen molar-refractivity contribution in [1.82, 2.24) is 15.2 Å². The fourth-order valence-corrected chi connectivity index (χ4v) is 4.30. The minimum atomic E-state index is -0.157. The zero-order chi connectivity index (χ0) is 24.3. The molecule has 6 nitrogen and oxygen atoms in total. The van der Waals surface area contributed by atoms with Crippen LogP contribution < -0.4 is 10.6 Å². The summed E-state index contributed by atoms with van der Waals surface area (Å²) in [5.41, 5.74) is 6.90. The van der Waals surface area contributed by atoms with Crippen molar-refractivity contribution in [2.75, 3.05) is 10.6 Å². The van der Waals surface area contributed by atoms with Gasteiger partial charge in [-0.3, -0.25) is 9.89 Å². The van der Waals surface area contributed by atoms with Gasteiger partial charge in [-0.25, -0.2) is 0 Å². The quantitative estimate of drug-likeness (QED) is 0.208. The molecule has 0 spiro atoms. The largest absolute Gasteiger partial charge is 0.361 e. The fraction of sp³-hybridized carbons (Fsp3) is 0. The molecule has 0 bridgehead atoms. The summed E-state index contributed by atoms with van der Waals surface area (Å²) in [6, 6.07) is 31.6. The highest BCUT2D eigenvalue weighted by molar-refractivity contribution is 6.12. The van der Waals surface area contributed by atoms with E-state index < -0.39 is 0 Å². The molecule has 1 amide bonds. The van der Waals surface area contributed by atoms with Crippen LogP contribution in [0, 0.1) is 0 Å². The number of aromatic nitrogens is 3. The Bertz CT molecular complexity index is 1710. The second-order valence-electron chi connectivity index (χ2n) is 8.52. The number of fused-ring (bicyclic) bond motifs is 2. The maximum atomic E-state index is 12.9. The Balaban J connectivity index is 1.18. The topological polar surface area (TPSA) is 85.6 Å². The van der Waals surface area contributed by atoms with Crippen molar-refractivity contribution in [2.24, 2.45) is 0 Å². The molecule has 2 heterocycles. The number of hydrogen-bond acceptors (Lipinski definition) is 3. The summed E-state index contributed by atoms with van der Waals surface area (Å²) in [7, 11) is 0. The van der Waals surface area contributed by atoms with E-state index >= 15 is 0 Å². The van der Waals surface area contributed by atoms with Gasteiger partial charge in [-0.2, -0.15) is 5.10 Å². The third-order valence-electron chi connectivity index (χ3n) is 6.07. The monoisotopic (exact) mass is 469 g/mol. The van der Waals surface area contributed by atoms with Crippen molar-refractivity contribution in [1.29, 1.82) is 0 Å². The van der Waals surface area contributed by atoms with Gasteiger partial charge in [0, 0.05) is 34.0 Å². The van der Waals surface area contributed by atoms with Crippen molar-refractivity contribution in [3.63, 3.8) is 0 Å². The lowest BCUT2D eigenvalue weighted by Crippen LogP contribution is -2.12. The maximum Gasteiger partial charge on any atom is 0.257 e. The molecular formula is C30H23N5O. The van der Waals surface area contributed by atoms with Crippen molar-refractivity contribution < 1.29 is 4.79 Å². The summed E-state index contributed by atoms with van der Waals surface area (Å²) in [5.74, 6) is -0.157. The molecular weight excluding hydrogens is 446 g/mol. The van der Waals surface area contributed by atoms with Gasteiger partial charge < -0.3 is 15.6 Å². The average Bonchev–Trinajstić information content (AvgIpc) is 3.55. The van der Waals surface area contributed by atoms with Crippen molar-refractivity contribution in [2.45, 2.75) is 0 Å². The van der Waals surface area contributed by atoms with Crippen LogP contribution in [0.3, 0.4) is 0 Å². The molecule has 2 aromatic heterocycles. The maximum absolute atomic E-state index is 12.9. The molecule has 6 aromatic rings. The third-order valence-corrected chi connectivity index (χ3v) is 6.07. The number of benzene rings is 4. The molecule has 0 fully saturated rings. The second-order valence-corrected chi connectivity index (χ2v) is 8.52. The van der Waals surface area contributed by atoms with Crippen LogP contribution in [0.25, 0.3) is 34.0 Å². The number of aromatic amines is 2. The summed E-state index contributed by atoms with van der Waals surface area (Å²) in [4.78, 5) is 16.1. The summed E-state index contributed by atoms with van der Waals surface area (Å²) >= 11 is 0. The number of carbonyl (C=O) groups is 1. The van der Waals surface area contributed by atoms with Gasteiger partial charge in [0.15, 0.2) is 0 Å². The first-order valence-electron chi connectivity index (χ1n) is 11.7.